The van der Waals surface area contributed by atoms with Crippen molar-refractivity contribution in [1.29, 1.82) is 0 Å². The molecule has 1 fully saturated rings. The van der Waals surface area contributed by atoms with Crippen LogP contribution >= 0.6 is 11.3 Å². The second-order valence-corrected chi connectivity index (χ2v) is 5.42. The molecule has 2 unspecified atom stereocenters. The molecular weight excluding hydrogens is 204 g/mol. The Bertz CT molecular complexity index is 295. The average Bonchev–Trinajstić information content (AvgIpc) is 2.70. The Morgan fingerprint density at radius 3 is 2.93 bits per heavy atom. The number of thiophene rings is 1. The standard InChI is InChI=1S/C12H20N2S/c1-9(2)14-6-3-4-11(13)12(14)10-5-7-15-8-10/h5,7-9,11-12H,3-4,6,13H2,1-2H3. The maximum Gasteiger partial charge on any atom is 0.0510 e. The highest BCUT2D eigenvalue weighted by Crippen LogP contribution is 2.32. The van der Waals surface area contributed by atoms with Crippen molar-refractivity contribution in [3.63, 3.8) is 0 Å². The molecule has 2 N–H and O–H groups in total. The van der Waals surface area contributed by atoms with E-state index in [9.17, 15) is 0 Å². The summed E-state index contributed by atoms with van der Waals surface area (Å²) in [6, 6.07) is 3.54. The third-order valence-corrected chi connectivity index (χ3v) is 3.97. The smallest absolute Gasteiger partial charge is 0.0510 e. The van der Waals surface area contributed by atoms with Gasteiger partial charge in [-0.2, -0.15) is 11.3 Å². The molecule has 1 aliphatic heterocycles. The van der Waals surface area contributed by atoms with E-state index in [-0.39, 0.29) is 0 Å². The molecule has 0 aliphatic carbocycles. The summed E-state index contributed by atoms with van der Waals surface area (Å²) in [6.07, 6.45) is 2.39. The molecule has 1 aliphatic rings. The molecule has 2 atom stereocenters. The second kappa shape index (κ2) is 4.64. The van der Waals surface area contributed by atoms with Gasteiger partial charge < -0.3 is 5.73 Å². The maximum absolute atomic E-state index is 6.26. The van der Waals surface area contributed by atoms with Crippen molar-refractivity contribution >= 4 is 11.3 Å². The van der Waals surface area contributed by atoms with Crippen molar-refractivity contribution in [2.45, 2.75) is 44.8 Å². The molecule has 0 spiro atoms. The SMILES string of the molecule is CC(C)N1CCCC(N)C1c1ccsc1. The Hall–Kier alpha value is -0.380. The minimum Gasteiger partial charge on any atom is -0.326 e. The molecule has 1 aromatic heterocycles. The summed E-state index contributed by atoms with van der Waals surface area (Å²) in [6.45, 7) is 5.71. The first-order valence-electron chi connectivity index (χ1n) is 5.73. The molecule has 0 bridgehead atoms. The summed E-state index contributed by atoms with van der Waals surface area (Å²) in [7, 11) is 0. The highest BCUT2D eigenvalue weighted by atomic mass is 32.1. The van der Waals surface area contributed by atoms with Gasteiger partial charge in [-0.15, -0.1) is 0 Å². The monoisotopic (exact) mass is 224 g/mol. The van der Waals surface area contributed by atoms with E-state index in [0.29, 0.717) is 18.1 Å². The lowest BCUT2D eigenvalue weighted by Crippen LogP contribution is -2.48. The fraction of sp³-hybridized carbons (Fsp3) is 0.667. The zero-order valence-electron chi connectivity index (χ0n) is 9.52. The largest absolute Gasteiger partial charge is 0.326 e. The minimum atomic E-state index is 0.302. The lowest BCUT2D eigenvalue weighted by molar-refractivity contribution is 0.0950. The normalized spacial score (nSPS) is 28.5. The van der Waals surface area contributed by atoms with Gasteiger partial charge in [0.05, 0.1) is 6.04 Å². The van der Waals surface area contributed by atoms with Gasteiger partial charge in [-0.25, -0.2) is 0 Å². The van der Waals surface area contributed by atoms with E-state index in [1.165, 1.54) is 18.5 Å². The summed E-state index contributed by atoms with van der Waals surface area (Å²) >= 11 is 1.77. The van der Waals surface area contributed by atoms with Crippen molar-refractivity contribution in [3.8, 4) is 0 Å². The number of piperidine rings is 1. The Balaban J connectivity index is 2.23. The molecule has 2 nitrogen and oxygen atoms in total. The summed E-state index contributed by atoms with van der Waals surface area (Å²) in [5.41, 5.74) is 7.66. The van der Waals surface area contributed by atoms with Crippen LogP contribution in [0.3, 0.4) is 0 Å². The third kappa shape index (κ3) is 2.25. The zero-order chi connectivity index (χ0) is 10.8. The Morgan fingerprint density at radius 2 is 2.33 bits per heavy atom. The lowest BCUT2D eigenvalue weighted by Gasteiger charge is -2.42. The first-order valence-corrected chi connectivity index (χ1v) is 6.68. The van der Waals surface area contributed by atoms with Crippen LogP contribution in [-0.2, 0) is 0 Å². The van der Waals surface area contributed by atoms with Crippen LogP contribution in [0.5, 0.6) is 0 Å². The predicted molar refractivity (Wildman–Crippen MR) is 66.1 cm³/mol. The fourth-order valence-electron chi connectivity index (χ4n) is 2.51. The molecule has 0 aromatic carbocycles. The van der Waals surface area contributed by atoms with Crippen molar-refractivity contribution in [3.05, 3.63) is 22.4 Å². The van der Waals surface area contributed by atoms with Crippen LogP contribution in [0.4, 0.5) is 0 Å². The first-order chi connectivity index (χ1) is 7.20. The van der Waals surface area contributed by atoms with Crippen LogP contribution < -0.4 is 5.73 Å². The molecule has 0 amide bonds. The molecule has 2 rings (SSSR count). The van der Waals surface area contributed by atoms with Crippen LogP contribution in [-0.4, -0.2) is 23.5 Å². The van der Waals surface area contributed by atoms with E-state index < -0.39 is 0 Å². The van der Waals surface area contributed by atoms with Crippen LogP contribution in [0.15, 0.2) is 16.8 Å². The van der Waals surface area contributed by atoms with Crippen LogP contribution in [0.25, 0.3) is 0 Å². The van der Waals surface area contributed by atoms with Gasteiger partial charge in [-0.3, -0.25) is 4.90 Å². The molecule has 1 saturated heterocycles. The van der Waals surface area contributed by atoms with E-state index in [4.69, 9.17) is 5.73 Å². The van der Waals surface area contributed by atoms with Gasteiger partial charge in [-0.1, -0.05) is 0 Å². The van der Waals surface area contributed by atoms with Crippen molar-refractivity contribution in [1.82, 2.24) is 4.90 Å². The topological polar surface area (TPSA) is 29.3 Å². The molecule has 0 radical (unpaired) electrons. The minimum absolute atomic E-state index is 0.302. The van der Waals surface area contributed by atoms with Gasteiger partial charge in [0.25, 0.3) is 0 Å². The van der Waals surface area contributed by atoms with Crippen molar-refractivity contribution < 1.29 is 0 Å². The van der Waals surface area contributed by atoms with Gasteiger partial charge in [-0.05, 0) is 55.6 Å². The van der Waals surface area contributed by atoms with Gasteiger partial charge in [0, 0.05) is 12.1 Å². The van der Waals surface area contributed by atoms with Crippen LogP contribution in [0, 0.1) is 0 Å². The zero-order valence-corrected chi connectivity index (χ0v) is 10.3. The van der Waals surface area contributed by atoms with E-state index in [1.807, 2.05) is 0 Å². The molecule has 3 heteroatoms. The van der Waals surface area contributed by atoms with Crippen molar-refractivity contribution in [2.24, 2.45) is 5.73 Å². The summed E-state index contributed by atoms with van der Waals surface area (Å²) < 4.78 is 0. The van der Waals surface area contributed by atoms with Crippen LogP contribution in [0.2, 0.25) is 0 Å². The predicted octanol–water partition coefficient (Wildman–Crippen LogP) is 2.62. The van der Waals surface area contributed by atoms with E-state index >= 15 is 0 Å². The number of nitrogens with two attached hydrogens (primary N) is 1. The van der Waals surface area contributed by atoms with E-state index in [0.717, 1.165) is 6.42 Å². The Morgan fingerprint density at radius 1 is 1.53 bits per heavy atom. The number of rotatable bonds is 2. The van der Waals surface area contributed by atoms with Crippen molar-refractivity contribution in [2.75, 3.05) is 6.54 Å². The molecule has 15 heavy (non-hydrogen) atoms. The van der Waals surface area contributed by atoms with E-state index in [2.05, 4.69) is 35.6 Å². The number of likely N-dealkylation sites (tertiary alicyclic amines) is 1. The Labute approximate surface area is 96.1 Å². The van der Waals surface area contributed by atoms with Gasteiger partial charge >= 0.3 is 0 Å². The Kier molecular flexibility index (Phi) is 3.44. The molecular formula is C12H20N2S. The maximum atomic E-state index is 6.26. The van der Waals surface area contributed by atoms with Gasteiger partial charge in [0.15, 0.2) is 0 Å². The molecule has 1 aromatic rings. The second-order valence-electron chi connectivity index (χ2n) is 4.64. The highest BCUT2D eigenvalue weighted by Gasteiger charge is 2.31. The summed E-state index contributed by atoms with van der Waals surface area (Å²) in [4.78, 5) is 2.54. The van der Waals surface area contributed by atoms with E-state index in [1.54, 1.807) is 11.3 Å². The number of hydrogen-bond donors (Lipinski definition) is 1. The third-order valence-electron chi connectivity index (χ3n) is 3.26. The summed E-state index contributed by atoms with van der Waals surface area (Å²) in [5, 5.41) is 4.39. The lowest BCUT2D eigenvalue weighted by atomic mass is 9.91. The van der Waals surface area contributed by atoms with Gasteiger partial charge in [0.2, 0.25) is 0 Å². The fourth-order valence-corrected chi connectivity index (χ4v) is 3.20. The number of nitrogens with zero attached hydrogens (tertiary/aromatic N) is 1. The van der Waals surface area contributed by atoms with Gasteiger partial charge in [0.1, 0.15) is 0 Å². The summed E-state index contributed by atoms with van der Waals surface area (Å²) in [5.74, 6) is 0. The quantitative estimate of drug-likeness (QED) is 0.836. The van der Waals surface area contributed by atoms with Crippen LogP contribution in [0.1, 0.15) is 38.3 Å². The first kappa shape index (κ1) is 11.1. The molecule has 0 saturated carbocycles. The average molecular weight is 224 g/mol. The molecule has 2 heterocycles. The molecule has 84 valence electrons. The number of hydrogen-bond acceptors (Lipinski definition) is 3. The highest BCUT2D eigenvalue weighted by molar-refractivity contribution is 7.07.